The van der Waals surface area contributed by atoms with Gasteiger partial charge >= 0.3 is 22.1 Å². The average Bonchev–Trinajstić information content (AvgIpc) is 3.63. The first-order chi connectivity index (χ1) is 19.3. The van der Waals surface area contributed by atoms with Crippen LogP contribution in [0.1, 0.15) is 23.2 Å². The van der Waals surface area contributed by atoms with E-state index in [9.17, 15) is 18.3 Å². The maximum absolute atomic E-state index is 13.6. The van der Waals surface area contributed by atoms with Crippen LogP contribution in [0.3, 0.4) is 0 Å². The highest BCUT2D eigenvalue weighted by atomic mass is 32.2. The number of anilines is 1. The number of nitrogens with zero attached hydrogens (tertiary/aromatic N) is 3. The van der Waals surface area contributed by atoms with Crippen LogP contribution in [-0.4, -0.2) is 55.6 Å². The number of hydrogen-bond donors (Lipinski definition) is 1. The van der Waals surface area contributed by atoms with E-state index < -0.39 is 22.7 Å². The smallest absolute Gasteiger partial charge is 0.318 e. The number of thiophene rings is 1. The zero-order chi connectivity index (χ0) is 28.1. The summed E-state index contributed by atoms with van der Waals surface area (Å²) < 4.78 is 46.4. The van der Waals surface area contributed by atoms with Crippen molar-refractivity contribution in [2.24, 2.45) is 0 Å². The number of fused-ring (bicyclic) bond motifs is 1. The minimum atomic E-state index is -4.08. The average molecular weight is 584 g/mol. The van der Waals surface area contributed by atoms with Gasteiger partial charge in [0.25, 0.3) is 0 Å². The van der Waals surface area contributed by atoms with Crippen molar-refractivity contribution in [3.05, 3.63) is 82.9 Å². The van der Waals surface area contributed by atoms with Gasteiger partial charge < -0.3 is 19.0 Å². The van der Waals surface area contributed by atoms with E-state index in [1.54, 1.807) is 36.4 Å². The van der Waals surface area contributed by atoms with E-state index >= 15 is 0 Å². The molecule has 4 aromatic rings. The second-order valence-corrected chi connectivity index (χ2v) is 12.0. The van der Waals surface area contributed by atoms with Crippen LogP contribution in [0.2, 0.25) is 0 Å². The van der Waals surface area contributed by atoms with Gasteiger partial charge in [-0.1, -0.05) is 36.4 Å². The van der Waals surface area contributed by atoms with Crippen molar-refractivity contribution < 1.29 is 32.2 Å². The number of hydrogen-bond acceptors (Lipinski definition) is 8. The number of aryl methyl sites for hydroxylation is 1. The van der Waals surface area contributed by atoms with Gasteiger partial charge in [0.15, 0.2) is 0 Å². The van der Waals surface area contributed by atoms with Crippen LogP contribution in [0.5, 0.6) is 11.7 Å². The highest BCUT2D eigenvalue weighted by Gasteiger charge is 2.34. The number of rotatable bonds is 12. The predicted molar refractivity (Wildman–Crippen MR) is 151 cm³/mol. The van der Waals surface area contributed by atoms with Crippen LogP contribution in [0.25, 0.3) is 10.8 Å². The number of carboxylic acids is 1. The topological polar surface area (TPSA) is 122 Å². The molecule has 2 aromatic heterocycles. The van der Waals surface area contributed by atoms with Gasteiger partial charge in [0, 0.05) is 19.5 Å². The molecular formula is C28H29N3O7S2. The molecule has 40 heavy (non-hydrogen) atoms. The molecule has 0 bridgehead atoms. The highest BCUT2D eigenvalue weighted by Crippen LogP contribution is 2.32. The quantitative estimate of drug-likeness (QED) is 0.256. The minimum Gasteiger partial charge on any atom is -0.493 e. The van der Waals surface area contributed by atoms with E-state index in [0.29, 0.717) is 60.5 Å². The molecule has 0 amide bonds. The summed E-state index contributed by atoms with van der Waals surface area (Å²) in [5, 5.41) is 11.4. The fraction of sp³-hybridized carbons (Fsp3) is 0.286. The highest BCUT2D eigenvalue weighted by molar-refractivity contribution is 7.90. The lowest BCUT2D eigenvalue weighted by molar-refractivity contribution is -0.137. The lowest BCUT2D eigenvalue weighted by Crippen LogP contribution is -2.47. The van der Waals surface area contributed by atoms with Crippen molar-refractivity contribution in [1.29, 1.82) is 0 Å². The SMILES string of the molecule is COc1oc(-c2cccs2)nc1CCOc1ccc(CN(CC(=O)O)S(=O)(=O)N2CCCc3ccccc32)cc1. The number of benzene rings is 2. The molecule has 0 unspecified atom stereocenters. The molecule has 3 heterocycles. The van der Waals surface area contributed by atoms with Crippen molar-refractivity contribution in [3.8, 4) is 22.5 Å². The van der Waals surface area contributed by atoms with E-state index in [1.165, 1.54) is 22.8 Å². The van der Waals surface area contributed by atoms with Crippen molar-refractivity contribution >= 4 is 33.2 Å². The first kappa shape index (κ1) is 27.7. The molecule has 10 nitrogen and oxygen atoms in total. The molecule has 0 radical (unpaired) electrons. The minimum absolute atomic E-state index is 0.0881. The maximum Gasteiger partial charge on any atom is 0.318 e. The molecular weight excluding hydrogens is 554 g/mol. The lowest BCUT2D eigenvalue weighted by Gasteiger charge is -2.34. The van der Waals surface area contributed by atoms with Gasteiger partial charge in [0.1, 0.15) is 18.0 Å². The summed E-state index contributed by atoms with van der Waals surface area (Å²) in [7, 11) is -2.55. The number of aliphatic carboxylic acids is 1. The molecule has 1 aliphatic rings. The maximum atomic E-state index is 13.6. The Morgan fingerprint density at radius 1 is 1.15 bits per heavy atom. The monoisotopic (exact) mass is 583 g/mol. The molecule has 0 spiro atoms. The van der Waals surface area contributed by atoms with E-state index in [-0.39, 0.29) is 6.54 Å². The number of methoxy groups -OCH3 is 1. The summed E-state index contributed by atoms with van der Waals surface area (Å²) in [5.74, 6) is 0.208. The molecule has 1 N–H and O–H groups in total. The third-order valence-electron chi connectivity index (χ3n) is 6.45. The van der Waals surface area contributed by atoms with E-state index in [4.69, 9.17) is 13.9 Å². The summed E-state index contributed by atoms with van der Waals surface area (Å²) in [6.45, 7) is -0.116. The van der Waals surface area contributed by atoms with Crippen LogP contribution in [0.4, 0.5) is 5.69 Å². The molecule has 0 aliphatic carbocycles. The summed E-state index contributed by atoms with van der Waals surface area (Å²) in [5.41, 5.74) is 2.82. The molecule has 0 saturated heterocycles. The fourth-order valence-electron chi connectivity index (χ4n) is 4.57. The third kappa shape index (κ3) is 6.14. The van der Waals surface area contributed by atoms with Crippen molar-refractivity contribution in [2.45, 2.75) is 25.8 Å². The number of para-hydroxylation sites is 1. The van der Waals surface area contributed by atoms with Crippen LogP contribution in [0, 0.1) is 0 Å². The number of ether oxygens (including phenoxy) is 2. The van der Waals surface area contributed by atoms with Gasteiger partial charge in [-0.2, -0.15) is 12.7 Å². The number of aromatic nitrogens is 1. The normalized spacial score (nSPS) is 13.3. The van der Waals surface area contributed by atoms with Gasteiger partial charge in [-0.05, 0) is 53.6 Å². The molecule has 2 aromatic carbocycles. The molecule has 12 heteroatoms. The first-order valence-electron chi connectivity index (χ1n) is 12.7. The second-order valence-electron chi connectivity index (χ2n) is 9.15. The Labute approximate surface area is 236 Å². The van der Waals surface area contributed by atoms with Gasteiger partial charge in [0.05, 0.1) is 24.3 Å². The van der Waals surface area contributed by atoms with Gasteiger partial charge in [-0.25, -0.2) is 4.98 Å². The first-order valence-corrected chi connectivity index (χ1v) is 15.0. The molecule has 1 aliphatic heterocycles. The van der Waals surface area contributed by atoms with E-state index in [1.807, 2.05) is 29.6 Å². The molecule has 0 fully saturated rings. The van der Waals surface area contributed by atoms with Gasteiger partial charge in [0.2, 0.25) is 5.89 Å². The van der Waals surface area contributed by atoms with E-state index in [0.717, 1.165) is 21.2 Å². The third-order valence-corrected chi connectivity index (χ3v) is 9.16. The summed E-state index contributed by atoms with van der Waals surface area (Å²) >= 11 is 1.52. The van der Waals surface area contributed by atoms with Crippen molar-refractivity contribution in [2.75, 3.05) is 31.1 Å². The summed E-state index contributed by atoms with van der Waals surface area (Å²) in [4.78, 5) is 17.0. The van der Waals surface area contributed by atoms with Crippen molar-refractivity contribution in [1.82, 2.24) is 9.29 Å². The lowest BCUT2D eigenvalue weighted by atomic mass is 10.0. The predicted octanol–water partition coefficient (Wildman–Crippen LogP) is 4.62. The number of carboxylic acid groups (broad SMARTS) is 1. The Bertz CT molecular complexity index is 1550. The Morgan fingerprint density at radius 2 is 1.95 bits per heavy atom. The molecule has 0 atom stereocenters. The Kier molecular flexibility index (Phi) is 8.38. The summed E-state index contributed by atoms with van der Waals surface area (Å²) in [6.07, 6.45) is 1.91. The second kappa shape index (κ2) is 12.1. The van der Waals surface area contributed by atoms with Crippen LogP contribution >= 0.6 is 11.3 Å². The Balaban J connectivity index is 1.24. The molecule has 210 valence electrons. The van der Waals surface area contributed by atoms with E-state index in [2.05, 4.69) is 4.98 Å². The fourth-order valence-corrected chi connectivity index (χ4v) is 6.87. The van der Waals surface area contributed by atoms with Gasteiger partial charge in [-0.15, -0.1) is 11.3 Å². The summed E-state index contributed by atoms with van der Waals surface area (Å²) in [6, 6.07) is 18.1. The van der Waals surface area contributed by atoms with Gasteiger partial charge in [-0.3, -0.25) is 9.10 Å². The Morgan fingerprint density at radius 3 is 2.67 bits per heavy atom. The number of carbonyl (C=O) groups is 1. The largest absolute Gasteiger partial charge is 0.493 e. The zero-order valence-corrected chi connectivity index (χ0v) is 23.5. The Hall–Kier alpha value is -3.87. The standard InChI is InChI=1S/C28H29N3O7S2/c1-36-28-23(29-27(38-28)25-9-5-17-39-25)14-16-37-22-12-10-20(11-13-22)18-30(19-26(32)33)40(34,35)31-15-4-7-21-6-2-3-8-24(21)31/h2-3,5-6,8-13,17H,4,7,14-16,18-19H2,1H3,(H,32,33). The number of oxazole rings is 1. The van der Waals surface area contributed by atoms with Crippen LogP contribution < -0.4 is 13.8 Å². The van der Waals surface area contributed by atoms with Crippen LogP contribution in [-0.2, 0) is 34.4 Å². The molecule has 0 saturated carbocycles. The van der Waals surface area contributed by atoms with Crippen LogP contribution in [0.15, 0.2) is 70.5 Å². The van der Waals surface area contributed by atoms with Crippen molar-refractivity contribution in [3.63, 3.8) is 0 Å². The molecule has 5 rings (SSSR count). The zero-order valence-electron chi connectivity index (χ0n) is 21.9.